The van der Waals surface area contributed by atoms with Crippen LogP contribution in [0.3, 0.4) is 0 Å². The number of ether oxygens (including phenoxy) is 1. The summed E-state index contributed by atoms with van der Waals surface area (Å²) in [6, 6.07) is 11.8. The average Bonchev–Trinajstić information content (AvgIpc) is 3.39. The molecular weight excluding hydrogens is 474 g/mol. The number of aryl methyl sites for hydroxylation is 1. The molecule has 30 heavy (non-hydrogen) atoms. The molecule has 0 spiro atoms. The smallest absolute Gasteiger partial charge is 0.339 e. The van der Waals surface area contributed by atoms with Gasteiger partial charge in [-0.05, 0) is 59.5 Å². The third kappa shape index (κ3) is 4.61. The molecule has 1 heterocycles. The van der Waals surface area contributed by atoms with E-state index in [1.54, 1.807) is 0 Å². The van der Waals surface area contributed by atoms with Crippen LogP contribution in [0.15, 0.2) is 56.4 Å². The van der Waals surface area contributed by atoms with Gasteiger partial charge >= 0.3 is 5.97 Å². The van der Waals surface area contributed by atoms with E-state index in [-0.39, 0.29) is 29.0 Å². The average molecular weight is 492 g/mol. The second-order valence-electron chi connectivity index (χ2n) is 6.94. The van der Waals surface area contributed by atoms with Crippen molar-refractivity contribution in [1.82, 2.24) is 14.9 Å². The largest absolute Gasteiger partial charge is 0.452 e. The van der Waals surface area contributed by atoms with E-state index < -0.39 is 16.0 Å². The quantitative estimate of drug-likeness (QED) is 0.502. The molecule has 0 radical (unpaired) electrons. The van der Waals surface area contributed by atoms with Gasteiger partial charge in [-0.2, -0.15) is 4.98 Å². The molecule has 1 fully saturated rings. The number of nitrogens with zero attached hydrogens (tertiary/aromatic N) is 2. The Balaban J connectivity index is 1.47. The highest BCUT2D eigenvalue weighted by molar-refractivity contribution is 9.10. The first-order chi connectivity index (χ1) is 14.3. The summed E-state index contributed by atoms with van der Waals surface area (Å²) in [6.45, 7) is 1.70. The summed E-state index contributed by atoms with van der Waals surface area (Å²) in [5, 5.41) is 3.92. The molecule has 0 atom stereocenters. The van der Waals surface area contributed by atoms with Crippen molar-refractivity contribution in [3.05, 3.63) is 64.0 Å². The fourth-order valence-electron chi connectivity index (χ4n) is 2.77. The number of carbonyl (C=O) groups excluding carboxylic acids is 1. The molecule has 0 unspecified atom stereocenters. The Morgan fingerprint density at radius 3 is 2.77 bits per heavy atom. The maximum absolute atomic E-state index is 12.5. The molecule has 1 N–H and O–H groups in total. The first kappa shape index (κ1) is 20.7. The lowest BCUT2D eigenvalue weighted by Crippen LogP contribution is -2.26. The lowest BCUT2D eigenvalue weighted by Gasteiger charge is -2.09. The number of sulfonamides is 1. The monoisotopic (exact) mass is 491 g/mol. The topological polar surface area (TPSA) is 111 Å². The fourth-order valence-corrected chi connectivity index (χ4v) is 4.51. The van der Waals surface area contributed by atoms with Crippen LogP contribution >= 0.6 is 15.9 Å². The number of benzene rings is 2. The van der Waals surface area contributed by atoms with Crippen LogP contribution in [0.5, 0.6) is 0 Å². The summed E-state index contributed by atoms with van der Waals surface area (Å²) >= 11 is 3.26. The fraction of sp³-hybridized carbons (Fsp3) is 0.250. The van der Waals surface area contributed by atoms with E-state index in [1.165, 1.54) is 18.2 Å². The van der Waals surface area contributed by atoms with E-state index in [0.29, 0.717) is 10.3 Å². The van der Waals surface area contributed by atoms with E-state index in [1.807, 2.05) is 31.2 Å². The number of hydrogen-bond acceptors (Lipinski definition) is 7. The molecule has 1 aromatic heterocycles. The van der Waals surface area contributed by atoms with Crippen molar-refractivity contribution in [1.29, 1.82) is 0 Å². The first-order valence-corrected chi connectivity index (χ1v) is 11.5. The van der Waals surface area contributed by atoms with Crippen LogP contribution in [-0.2, 0) is 21.4 Å². The number of rotatable bonds is 7. The summed E-state index contributed by atoms with van der Waals surface area (Å²) in [6.07, 6.45) is 1.64. The predicted molar refractivity (Wildman–Crippen MR) is 111 cm³/mol. The number of carbonyl (C=O) groups is 1. The molecule has 0 saturated heterocycles. The predicted octanol–water partition coefficient (Wildman–Crippen LogP) is 3.61. The Kier molecular flexibility index (Phi) is 5.72. The van der Waals surface area contributed by atoms with Gasteiger partial charge in [-0.25, -0.2) is 17.9 Å². The maximum Gasteiger partial charge on any atom is 0.339 e. The molecule has 4 rings (SSSR count). The molecule has 1 saturated carbocycles. The zero-order chi connectivity index (χ0) is 21.3. The van der Waals surface area contributed by atoms with Crippen molar-refractivity contribution in [2.24, 2.45) is 0 Å². The van der Waals surface area contributed by atoms with Crippen LogP contribution in [0.2, 0.25) is 0 Å². The van der Waals surface area contributed by atoms with Crippen molar-refractivity contribution >= 4 is 31.9 Å². The highest BCUT2D eigenvalue weighted by atomic mass is 79.9. The highest BCUT2D eigenvalue weighted by Gasteiger charge is 2.29. The van der Waals surface area contributed by atoms with E-state index >= 15 is 0 Å². The minimum Gasteiger partial charge on any atom is -0.452 e. The first-order valence-electron chi connectivity index (χ1n) is 9.21. The molecule has 2 aromatic carbocycles. The molecule has 1 aliphatic rings. The standard InChI is InChI=1S/C20H18BrN3O5S/c1-12-4-2-3-5-15(12)19-22-18(29-23-19)11-28-20(25)16-10-14(8-9-17(16)21)30(26,27)24-13-6-7-13/h2-5,8-10,13,24H,6-7,11H2,1H3. The summed E-state index contributed by atoms with van der Waals surface area (Å²) in [4.78, 5) is 16.8. The second-order valence-corrected chi connectivity index (χ2v) is 9.51. The van der Waals surface area contributed by atoms with E-state index in [4.69, 9.17) is 9.26 Å². The molecule has 1 aliphatic carbocycles. The number of esters is 1. The van der Waals surface area contributed by atoms with Crippen LogP contribution in [0, 0.1) is 6.92 Å². The van der Waals surface area contributed by atoms with Crippen molar-refractivity contribution in [3.63, 3.8) is 0 Å². The van der Waals surface area contributed by atoms with Crippen molar-refractivity contribution in [2.45, 2.75) is 37.3 Å². The van der Waals surface area contributed by atoms with Gasteiger partial charge in [0.05, 0.1) is 10.5 Å². The third-order valence-corrected chi connectivity index (χ3v) is 6.76. The maximum atomic E-state index is 12.5. The van der Waals surface area contributed by atoms with Crippen LogP contribution in [-0.4, -0.2) is 30.6 Å². The number of hydrogen-bond donors (Lipinski definition) is 1. The summed E-state index contributed by atoms with van der Waals surface area (Å²) in [5.41, 5.74) is 1.90. The Bertz CT molecular complexity index is 1200. The van der Waals surface area contributed by atoms with Gasteiger partial charge in [-0.1, -0.05) is 29.4 Å². The summed E-state index contributed by atoms with van der Waals surface area (Å²) in [7, 11) is -3.69. The molecule has 3 aromatic rings. The van der Waals surface area contributed by atoms with Gasteiger partial charge in [-0.15, -0.1) is 0 Å². The van der Waals surface area contributed by atoms with Gasteiger partial charge in [0.1, 0.15) is 0 Å². The molecule has 0 bridgehead atoms. The summed E-state index contributed by atoms with van der Waals surface area (Å²) in [5.74, 6) is -0.169. The molecule has 156 valence electrons. The molecule has 0 aliphatic heterocycles. The van der Waals surface area contributed by atoms with Crippen LogP contribution in [0.1, 0.15) is 34.7 Å². The third-order valence-electron chi connectivity index (χ3n) is 4.55. The van der Waals surface area contributed by atoms with E-state index in [9.17, 15) is 13.2 Å². The normalized spacial score (nSPS) is 13.9. The number of halogens is 1. The second kappa shape index (κ2) is 8.29. The minimum absolute atomic E-state index is 0.00387. The minimum atomic E-state index is -3.69. The lowest BCUT2D eigenvalue weighted by atomic mass is 10.1. The Labute approximate surface area is 181 Å². The summed E-state index contributed by atoms with van der Waals surface area (Å²) < 4.78 is 38.2. The molecular formula is C20H18BrN3O5S. The van der Waals surface area contributed by atoms with Gasteiger partial charge < -0.3 is 9.26 Å². The van der Waals surface area contributed by atoms with Gasteiger partial charge in [0, 0.05) is 16.1 Å². The van der Waals surface area contributed by atoms with Crippen LogP contribution < -0.4 is 4.72 Å². The van der Waals surface area contributed by atoms with Crippen molar-refractivity contribution < 1.29 is 22.5 Å². The van der Waals surface area contributed by atoms with Gasteiger partial charge in [0.25, 0.3) is 5.89 Å². The van der Waals surface area contributed by atoms with Crippen LogP contribution in [0.25, 0.3) is 11.4 Å². The highest BCUT2D eigenvalue weighted by Crippen LogP contribution is 2.26. The van der Waals surface area contributed by atoms with Gasteiger partial charge in [-0.3, -0.25) is 0 Å². The van der Waals surface area contributed by atoms with E-state index in [2.05, 4.69) is 30.8 Å². The Hall–Kier alpha value is -2.56. The van der Waals surface area contributed by atoms with Crippen LogP contribution in [0.4, 0.5) is 0 Å². The van der Waals surface area contributed by atoms with Gasteiger partial charge in [0.2, 0.25) is 15.8 Å². The van der Waals surface area contributed by atoms with Gasteiger partial charge in [0.15, 0.2) is 6.61 Å². The Morgan fingerprint density at radius 1 is 1.27 bits per heavy atom. The lowest BCUT2D eigenvalue weighted by molar-refractivity contribution is 0.0428. The molecule has 10 heteroatoms. The Morgan fingerprint density at radius 2 is 2.03 bits per heavy atom. The van der Waals surface area contributed by atoms with Crippen molar-refractivity contribution in [2.75, 3.05) is 0 Å². The zero-order valence-corrected chi connectivity index (χ0v) is 18.4. The number of nitrogens with one attached hydrogen (secondary N) is 1. The zero-order valence-electron chi connectivity index (χ0n) is 16.0. The molecule has 8 nitrogen and oxygen atoms in total. The SMILES string of the molecule is Cc1ccccc1-c1noc(COC(=O)c2cc(S(=O)(=O)NC3CC3)ccc2Br)n1. The molecule has 0 amide bonds. The number of aromatic nitrogens is 2. The van der Waals surface area contributed by atoms with Crippen molar-refractivity contribution in [3.8, 4) is 11.4 Å². The van der Waals surface area contributed by atoms with E-state index in [0.717, 1.165) is 24.0 Å².